The molecule has 1 aromatic heterocycles. The van der Waals surface area contributed by atoms with E-state index in [1.165, 1.54) is 29.5 Å². The molecule has 1 atom stereocenters. The zero-order valence-electron chi connectivity index (χ0n) is 8.19. The molecule has 2 nitrogen and oxygen atoms in total. The van der Waals surface area contributed by atoms with E-state index < -0.39 is 0 Å². The van der Waals surface area contributed by atoms with E-state index in [0.717, 1.165) is 0 Å². The van der Waals surface area contributed by atoms with Gasteiger partial charge in [-0.05, 0) is 31.0 Å². The second-order valence-corrected chi connectivity index (χ2v) is 5.33. The van der Waals surface area contributed by atoms with Crippen molar-refractivity contribution in [3.05, 3.63) is 30.1 Å². The second kappa shape index (κ2) is 4.98. The van der Waals surface area contributed by atoms with Crippen LogP contribution in [0.2, 0.25) is 0 Å². The van der Waals surface area contributed by atoms with E-state index in [1.54, 1.807) is 0 Å². The highest BCUT2D eigenvalue weighted by atomic mass is 127. The fourth-order valence-corrected chi connectivity index (χ4v) is 3.46. The number of aromatic nitrogens is 1. The third-order valence-corrected chi connectivity index (χ3v) is 4.03. The van der Waals surface area contributed by atoms with E-state index in [4.69, 9.17) is 0 Å². The average molecular weight is 302 g/mol. The van der Waals surface area contributed by atoms with Gasteiger partial charge in [0.25, 0.3) is 0 Å². The van der Waals surface area contributed by atoms with E-state index in [9.17, 15) is 0 Å². The van der Waals surface area contributed by atoms with E-state index in [0.29, 0.717) is 6.04 Å². The standard InChI is InChI=1S/C11H15IN2/c1-12-9-14-7-3-5-11(14)10-4-2-6-13-8-10/h2,4,6,8,11H,1,3,5,7,9H2. The molecule has 1 aliphatic rings. The normalized spacial score (nSPS) is 22.7. The summed E-state index contributed by atoms with van der Waals surface area (Å²) in [6.45, 7) is 1.24. The van der Waals surface area contributed by atoms with E-state index >= 15 is 0 Å². The highest BCUT2D eigenvalue weighted by molar-refractivity contribution is 14.2. The summed E-state index contributed by atoms with van der Waals surface area (Å²) in [5.74, 6) is 0. The molecule has 76 valence electrons. The van der Waals surface area contributed by atoms with Crippen LogP contribution in [0, 0.1) is 0 Å². The Morgan fingerprint density at radius 2 is 2.57 bits per heavy atom. The molecule has 0 bridgehead atoms. The molecule has 0 amide bonds. The summed E-state index contributed by atoms with van der Waals surface area (Å²) in [7, 11) is 0. The fraction of sp³-hybridized carbons (Fsp3) is 0.455. The van der Waals surface area contributed by atoms with Crippen LogP contribution >= 0.6 is 20.7 Å². The van der Waals surface area contributed by atoms with Crippen LogP contribution in [0.15, 0.2) is 24.5 Å². The summed E-state index contributed by atoms with van der Waals surface area (Å²) in [6.07, 6.45) is 6.46. The summed E-state index contributed by atoms with van der Waals surface area (Å²) < 4.78 is 5.25. The number of hydrogen-bond acceptors (Lipinski definition) is 2. The number of nitrogens with zero attached hydrogens (tertiary/aromatic N) is 2. The molecule has 0 aromatic carbocycles. The van der Waals surface area contributed by atoms with E-state index in [1.807, 2.05) is 18.5 Å². The molecule has 3 heteroatoms. The minimum Gasteiger partial charge on any atom is -0.288 e. The van der Waals surface area contributed by atoms with Crippen molar-refractivity contribution in [3.63, 3.8) is 0 Å². The van der Waals surface area contributed by atoms with Crippen molar-refractivity contribution in [2.45, 2.75) is 18.9 Å². The summed E-state index contributed by atoms with van der Waals surface area (Å²) in [4.78, 5) is 6.76. The highest BCUT2D eigenvalue weighted by Crippen LogP contribution is 2.32. The van der Waals surface area contributed by atoms with Crippen molar-refractivity contribution in [1.29, 1.82) is 0 Å². The molecule has 14 heavy (non-hydrogen) atoms. The lowest BCUT2D eigenvalue weighted by Crippen LogP contribution is -2.21. The Bertz CT molecular complexity index is 299. The Balaban J connectivity index is 2.13. The largest absolute Gasteiger partial charge is 0.288 e. The number of rotatable bonds is 3. The molecule has 0 N–H and O–H groups in total. The lowest BCUT2D eigenvalue weighted by molar-refractivity contribution is 0.310. The molecular weight excluding hydrogens is 287 g/mol. The van der Waals surface area contributed by atoms with Crippen LogP contribution < -0.4 is 0 Å². The number of halogens is 1. The molecule has 2 rings (SSSR count). The van der Waals surface area contributed by atoms with Gasteiger partial charge in [0.1, 0.15) is 0 Å². The third kappa shape index (κ3) is 2.20. The van der Waals surface area contributed by atoms with Gasteiger partial charge in [0, 0.05) is 23.0 Å². The van der Waals surface area contributed by atoms with Crippen LogP contribution in [0.25, 0.3) is 0 Å². The molecule has 0 radical (unpaired) electrons. The van der Waals surface area contributed by atoms with Crippen molar-refractivity contribution in [3.8, 4) is 0 Å². The molecule has 2 heterocycles. The van der Waals surface area contributed by atoms with Gasteiger partial charge in [0.2, 0.25) is 0 Å². The molecule has 1 aromatic rings. The van der Waals surface area contributed by atoms with E-state index in [2.05, 4.69) is 20.5 Å². The number of pyridine rings is 1. The first-order valence-corrected chi connectivity index (χ1v) is 7.93. The first-order valence-electron chi connectivity index (χ1n) is 4.88. The van der Waals surface area contributed by atoms with Crippen molar-refractivity contribution >= 4 is 25.2 Å². The van der Waals surface area contributed by atoms with Gasteiger partial charge in [-0.1, -0.05) is 10.6 Å². The van der Waals surface area contributed by atoms with Gasteiger partial charge in [-0.25, -0.2) is 0 Å². The maximum atomic E-state index is 4.19. The average Bonchev–Trinajstić information content (AvgIpc) is 2.68. The highest BCUT2D eigenvalue weighted by Gasteiger charge is 2.24. The molecule has 1 saturated heterocycles. The number of hydrogen-bond donors (Lipinski definition) is 0. The predicted octanol–water partition coefficient (Wildman–Crippen LogP) is 2.58. The maximum absolute atomic E-state index is 4.19. The first kappa shape index (κ1) is 10.2. The first-order chi connectivity index (χ1) is 6.92. The summed E-state index contributed by atoms with van der Waals surface area (Å²) >= 11 is 0.131. The van der Waals surface area contributed by atoms with Crippen LogP contribution in [0.5, 0.6) is 0 Å². The maximum Gasteiger partial charge on any atom is 0.0458 e. The van der Waals surface area contributed by atoms with Crippen LogP contribution in [-0.4, -0.2) is 25.5 Å². The van der Waals surface area contributed by atoms with Gasteiger partial charge < -0.3 is 0 Å². The van der Waals surface area contributed by atoms with Crippen LogP contribution in [-0.2, 0) is 0 Å². The number of likely N-dealkylation sites (tertiary alicyclic amines) is 1. The third-order valence-electron chi connectivity index (χ3n) is 2.67. The molecule has 1 fully saturated rings. The van der Waals surface area contributed by atoms with Crippen molar-refractivity contribution in [2.24, 2.45) is 0 Å². The Hall–Kier alpha value is -0.290. The lowest BCUT2D eigenvalue weighted by atomic mass is 10.1. The van der Waals surface area contributed by atoms with Crippen LogP contribution in [0.4, 0.5) is 0 Å². The van der Waals surface area contributed by atoms with Gasteiger partial charge in [-0.2, -0.15) is 0 Å². The summed E-state index contributed by atoms with van der Waals surface area (Å²) in [5, 5.41) is 0. The van der Waals surface area contributed by atoms with Crippen molar-refractivity contribution in [1.82, 2.24) is 9.88 Å². The smallest absolute Gasteiger partial charge is 0.0458 e. The Labute approximate surface area is 95.1 Å². The van der Waals surface area contributed by atoms with Crippen LogP contribution in [0.3, 0.4) is 0 Å². The Morgan fingerprint density at radius 1 is 1.64 bits per heavy atom. The molecule has 1 unspecified atom stereocenters. The fourth-order valence-electron chi connectivity index (χ4n) is 2.03. The summed E-state index contributed by atoms with van der Waals surface area (Å²) in [6, 6.07) is 4.84. The van der Waals surface area contributed by atoms with E-state index in [-0.39, 0.29) is 20.7 Å². The van der Waals surface area contributed by atoms with Gasteiger partial charge in [-0.3, -0.25) is 9.88 Å². The van der Waals surface area contributed by atoms with Gasteiger partial charge >= 0.3 is 0 Å². The predicted molar refractivity (Wildman–Crippen MR) is 68.9 cm³/mol. The molecule has 0 saturated carbocycles. The van der Waals surface area contributed by atoms with Crippen LogP contribution in [0.1, 0.15) is 24.4 Å². The zero-order chi connectivity index (χ0) is 9.80. The van der Waals surface area contributed by atoms with Crippen molar-refractivity contribution < 1.29 is 0 Å². The minimum absolute atomic E-state index is 0.131. The zero-order valence-corrected chi connectivity index (χ0v) is 10.4. The minimum atomic E-state index is 0.131. The van der Waals surface area contributed by atoms with Gasteiger partial charge in [0.15, 0.2) is 0 Å². The number of alkyl halides is 1. The van der Waals surface area contributed by atoms with Gasteiger partial charge in [0.05, 0.1) is 0 Å². The summed E-state index contributed by atoms with van der Waals surface area (Å²) in [5.41, 5.74) is 1.38. The molecule has 0 spiro atoms. The van der Waals surface area contributed by atoms with Crippen molar-refractivity contribution in [2.75, 3.05) is 11.1 Å². The van der Waals surface area contributed by atoms with Gasteiger partial charge in [-0.15, -0.1) is 20.7 Å². The molecule has 0 aliphatic carbocycles. The monoisotopic (exact) mass is 302 g/mol. The second-order valence-electron chi connectivity index (χ2n) is 3.57. The quantitative estimate of drug-likeness (QED) is 0.485. The Kier molecular flexibility index (Phi) is 3.64. The molecule has 1 aliphatic heterocycles. The molecular formula is C11H15IN2. The SMILES string of the molecule is C=ICN1CCCC1c1cccnc1. The lowest BCUT2D eigenvalue weighted by Gasteiger charge is -2.22. The topological polar surface area (TPSA) is 16.1 Å². The Morgan fingerprint density at radius 3 is 3.29 bits per heavy atom.